The van der Waals surface area contributed by atoms with Crippen molar-refractivity contribution in [3.63, 3.8) is 0 Å². The van der Waals surface area contributed by atoms with E-state index >= 15 is 0 Å². The molecule has 0 saturated carbocycles. The van der Waals surface area contributed by atoms with E-state index < -0.39 is 27.6 Å². The third-order valence-electron chi connectivity index (χ3n) is 7.03. The first-order chi connectivity index (χ1) is 17.5. The molecule has 3 aromatic rings. The number of piperidine rings is 1. The van der Waals surface area contributed by atoms with Gasteiger partial charge in [0.05, 0.1) is 23.7 Å². The van der Waals surface area contributed by atoms with Crippen LogP contribution in [0, 0.1) is 0 Å². The molecule has 10 nitrogen and oxygen atoms in total. The number of fused-ring (bicyclic) bond motifs is 1. The Hall–Kier alpha value is -2.49. The van der Waals surface area contributed by atoms with Crippen LogP contribution in [-0.2, 0) is 16.2 Å². The number of imidazole rings is 1. The number of alkyl halides is 3. The van der Waals surface area contributed by atoms with Crippen molar-refractivity contribution in [3.8, 4) is 11.3 Å². The zero-order chi connectivity index (χ0) is 26.4. The van der Waals surface area contributed by atoms with Crippen molar-refractivity contribution in [1.82, 2.24) is 28.8 Å². The number of anilines is 2. The van der Waals surface area contributed by atoms with Crippen LogP contribution in [0.2, 0.25) is 0 Å². The van der Waals surface area contributed by atoms with E-state index in [4.69, 9.17) is 10.8 Å². The molecule has 3 aromatic heterocycles. The fraction of sp³-hybridized carbons (Fsp3) is 0.591. The van der Waals surface area contributed by atoms with E-state index in [1.807, 2.05) is 0 Å². The number of likely N-dealkylation sites (tertiary alicyclic amines) is 1. The second-order valence-electron chi connectivity index (χ2n) is 9.51. The van der Waals surface area contributed by atoms with Gasteiger partial charge in [-0.3, -0.25) is 0 Å². The first-order valence-corrected chi connectivity index (χ1v) is 14.8. The summed E-state index contributed by atoms with van der Waals surface area (Å²) in [5.41, 5.74) is 5.08. The van der Waals surface area contributed by atoms with Gasteiger partial charge in [0.15, 0.2) is 0 Å². The quantitative estimate of drug-likeness (QED) is 0.471. The van der Waals surface area contributed by atoms with Crippen LogP contribution in [0.4, 0.5) is 24.1 Å². The number of rotatable bonds is 7. The van der Waals surface area contributed by atoms with Gasteiger partial charge in [0, 0.05) is 44.0 Å². The lowest BCUT2D eigenvalue weighted by Gasteiger charge is -2.38. The molecule has 0 spiro atoms. The molecule has 15 heteroatoms. The number of halogens is 3. The van der Waals surface area contributed by atoms with Crippen LogP contribution in [0.15, 0.2) is 18.5 Å². The minimum atomic E-state index is -4.63. The number of nitrogens with zero attached hydrogens (tertiary/aromatic N) is 7. The Balaban J connectivity index is 1.44. The number of hydrogen-bond donors (Lipinski definition) is 1. The first kappa shape index (κ1) is 26.1. The SMILES string of the molecule is CS(=O)(=O)N1CCC(N(CCN2CCCC2)c2nn3c(-c4cnc(N)c(C(F)(F)F)c4)cnc3s2)CC1. The summed E-state index contributed by atoms with van der Waals surface area (Å²) in [4.78, 5) is 13.3. The first-order valence-electron chi connectivity index (χ1n) is 12.1. The van der Waals surface area contributed by atoms with Crippen molar-refractivity contribution in [1.29, 1.82) is 0 Å². The minimum absolute atomic E-state index is 0.0925. The third kappa shape index (κ3) is 5.54. The van der Waals surface area contributed by atoms with E-state index in [0.717, 1.165) is 32.2 Å². The van der Waals surface area contributed by atoms with Crippen molar-refractivity contribution < 1.29 is 21.6 Å². The van der Waals surface area contributed by atoms with Crippen molar-refractivity contribution in [2.75, 3.05) is 56.2 Å². The van der Waals surface area contributed by atoms with Crippen molar-refractivity contribution in [2.24, 2.45) is 0 Å². The van der Waals surface area contributed by atoms with Gasteiger partial charge in [0.1, 0.15) is 5.82 Å². The molecule has 0 bridgehead atoms. The normalized spacial score (nSPS) is 18.7. The van der Waals surface area contributed by atoms with Gasteiger partial charge in [-0.15, -0.1) is 5.10 Å². The highest BCUT2D eigenvalue weighted by Gasteiger charge is 2.35. The van der Waals surface area contributed by atoms with Crippen LogP contribution in [0.3, 0.4) is 0 Å². The molecule has 0 unspecified atom stereocenters. The highest BCUT2D eigenvalue weighted by molar-refractivity contribution is 7.88. The lowest BCUT2D eigenvalue weighted by molar-refractivity contribution is -0.137. The molecule has 2 N–H and O–H groups in total. The van der Waals surface area contributed by atoms with Crippen LogP contribution in [0.1, 0.15) is 31.2 Å². The van der Waals surface area contributed by atoms with Crippen LogP contribution < -0.4 is 10.6 Å². The zero-order valence-corrected chi connectivity index (χ0v) is 22.0. The summed E-state index contributed by atoms with van der Waals surface area (Å²) < 4.78 is 67.3. The minimum Gasteiger partial charge on any atom is -0.383 e. The molecule has 5 rings (SSSR count). The lowest BCUT2D eigenvalue weighted by atomic mass is 10.1. The Morgan fingerprint density at radius 3 is 2.49 bits per heavy atom. The van der Waals surface area contributed by atoms with Gasteiger partial charge in [-0.2, -0.15) is 13.2 Å². The highest BCUT2D eigenvalue weighted by atomic mass is 32.2. The van der Waals surface area contributed by atoms with Gasteiger partial charge < -0.3 is 15.5 Å². The van der Waals surface area contributed by atoms with Gasteiger partial charge in [-0.1, -0.05) is 11.3 Å². The number of nitrogens with two attached hydrogens (primary N) is 1. The molecule has 0 atom stereocenters. The molecule has 202 valence electrons. The largest absolute Gasteiger partial charge is 0.419 e. The van der Waals surface area contributed by atoms with Gasteiger partial charge in [0.2, 0.25) is 20.1 Å². The van der Waals surface area contributed by atoms with Crippen LogP contribution in [-0.4, -0.2) is 88.8 Å². The molecule has 2 fully saturated rings. The van der Waals surface area contributed by atoms with E-state index in [1.54, 1.807) is 4.52 Å². The predicted octanol–water partition coefficient (Wildman–Crippen LogP) is 2.78. The van der Waals surface area contributed by atoms with Crippen LogP contribution in [0.25, 0.3) is 16.2 Å². The molecule has 0 aromatic carbocycles. The van der Waals surface area contributed by atoms with Crippen LogP contribution in [0.5, 0.6) is 0 Å². The molecule has 2 aliphatic heterocycles. The summed E-state index contributed by atoms with van der Waals surface area (Å²) in [6.07, 6.45) is 3.06. The molecular weight excluding hydrogens is 529 g/mol. The Bertz CT molecular complexity index is 1360. The summed E-state index contributed by atoms with van der Waals surface area (Å²) in [6.45, 7) is 4.56. The number of pyridine rings is 1. The number of hydrogen-bond acceptors (Lipinski definition) is 9. The van der Waals surface area contributed by atoms with E-state index in [9.17, 15) is 21.6 Å². The summed E-state index contributed by atoms with van der Waals surface area (Å²) in [5.74, 6) is -0.579. The van der Waals surface area contributed by atoms with Crippen molar-refractivity contribution in [2.45, 2.75) is 37.9 Å². The average Bonchev–Trinajstić information content (AvgIpc) is 3.57. The maximum atomic E-state index is 13.4. The molecule has 0 aliphatic carbocycles. The lowest BCUT2D eigenvalue weighted by Crippen LogP contribution is -2.48. The Kier molecular flexibility index (Phi) is 7.06. The van der Waals surface area contributed by atoms with Crippen molar-refractivity contribution >= 4 is 37.3 Å². The van der Waals surface area contributed by atoms with E-state index in [2.05, 4.69) is 19.8 Å². The van der Waals surface area contributed by atoms with Crippen LogP contribution >= 0.6 is 11.3 Å². The topological polar surface area (TPSA) is 113 Å². The second-order valence-corrected chi connectivity index (χ2v) is 12.4. The average molecular weight is 559 g/mol. The van der Waals surface area contributed by atoms with E-state index in [0.29, 0.717) is 41.7 Å². The summed E-state index contributed by atoms with van der Waals surface area (Å²) in [6, 6.07) is 1.06. The molecule has 2 saturated heterocycles. The maximum Gasteiger partial charge on any atom is 0.419 e. The molecular formula is C22H29F3N8O2S2. The summed E-state index contributed by atoms with van der Waals surface area (Å²) in [7, 11) is -3.25. The second kappa shape index (κ2) is 10.0. The standard InChI is InChI=1S/C22H29F3N8O2S2/c1-37(34,35)31-8-4-16(5-9-31)32(11-10-30-6-2-3-7-30)21-29-33-18(14-28-20(33)36-21)15-12-17(22(23,24)25)19(26)27-13-15/h12-14,16H,2-11H2,1H3,(H2,26,27). The van der Waals surface area contributed by atoms with Crippen molar-refractivity contribution in [3.05, 3.63) is 24.0 Å². The third-order valence-corrected chi connectivity index (χ3v) is 9.29. The fourth-order valence-corrected chi connectivity index (χ4v) is 6.86. The van der Waals surface area contributed by atoms with Gasteiger partial charge in [0.25, 0.3) is 0 Å². The molecule has 37 heavy (non-hydrogen) atoms. The molecule has 5 heterocycles. The Morgan fingerprint density at radius 1 is 1.14 bits per heavy atom. The number of aromatic nitrogens is 4. The van der Waals surface area contributed by atoms with Gasteiger partial charge in [-0.25, -0.2) is 27.2 Å². The Labute approximate surface area is 216 Å². The smallest absolute Gasteiger partial charge is 0.383 e. The fourth-order valence-electron chi connectivity index (χ4n) is 5.01. The molecule has 2 aliphatic rings. The molecule has 0 radical (unpaired) electrons. The molecule has 0 amide bonds. The van der Waals surface area contributed by atoms with Gasteiger partial charge in [-0.05, 0) is 44.8 Å². The number of nitrogen functional groups attached to an aromatic ring is 1. The zero-order valence-electron chi connectivity index (χ0n) is 20.4. The van der Waals surface area contributed by atoms with E-state index in [1.165, 1.54) is 47.1 Å². The predicted molar refractivity (Wildman–Crippen MR) is 136 cm³/mol. The number of sulfonamides is 1. The highest BCUT2D eigenvalue weighted by Crippen LogP contribution is 2.36. The monoisotopic (exact) mass is 558 g/mol. The maximum absolute atomic E-state index is 13.4. The summed E-state index contributed by atoms with van der Waals surface area (Å²) in [5, 5.41) is 5.47. The van der Waals surface area contributed by atoms with E-state index in [-0.39, 0.29) is 11.6 Å². The van der Waals surface area contributed by atoms with Gasteiger partial charge >= 0.3 is 6.18 Å². The Morgan fingerprint density at radius 2 is 1.84 bits per heavy atom. The summed E-state index contributed by atoms with van der Waals surface area (Å²) >= 11 is 1.37.